The van der Waals surface area contributed by atoms with E-state index < -0.39 is 6.04 Å². The fraction of sp³-hybridized carbons (Fsp3) is 0.389. The van der Waals surface area contributed by atoms with Crippen LogP contribution in [0, 0.1) is 18.8 Å². The maximum atomic E-state index is 14.1. The molecule has 240 valence electrons. The highest BCUT2D eigenvalue weighted by Crippen LogP contribution is 2.37. The summed E-state index contributed by atoms with van der Waals surface area (Å²) in [6.07, 6.45) is 2.21. The van der Waals surface area contributed by atoms with Crippen molar-refractivity contribution in [3.05, 3.63) is 78.1 Å². The quantitative estimate of drug-likeness (QED) is 0.198. The normalized spacial score (nSPS) is 16.5. The average Bonchev–Trinajstić information content (AvgIpc) is 3.54. The van der Waals surface area contributed by atoms with E-state index in [1.807, 2.05) is 73.7 Å². The Balaban J connectivity index is 1.25. The van der Waals surface area contributed by atoms with Gasteiger partial charge in [-0.15, -0.1) is 0 Å². The zero-order valence-corrected chi connectivity index (χ0v) is 27.1. The van der Waals surface area contributed by atoms with Gasteiger partial charge < -0.3 is 18.9 Å². The van der Waals surface area contributed by atoms with Crippen molar-refractivity contribution in [2.45, 2.75) is 46.1 Å². The minimum absolute atomic E-state index is 0.0401. The third-order valence-corrected chi connectivity index (χ3v) is 9.10. The number of fused-ring (bicyclic) bond motifs is 1. The third kappa shape index (κ3) is 6.16. The second kappa shape index (κ2) is 12.9. The van der Waals surface area contributed by atoms with Crippen LogP contribution in [0.15, 0.2) is 66.7 Å². The number of ether oxygens (including phenoxy) is 2. The van der Waals surface area contributed by atoms with Crippen LogP contribution in [0.5, 0.6) is 17.2 Å². The molecule has 0 saturated carbocycles. The van der Waals surface area contributed by atoms with E-state index in [1.165, 1.54) is 9.80 Å². The van der Waals surface area contributed by atoms with Crippen molar-refractivity contribution in [2.24, 2.45) is 18.9 Å². The van der Waals surface area contributed by atoms with E-state index >= 15 is 0 Å². The minimum atomic E-state index is -0.544. The van der Waals surface area contributed by atoms with Gasteiger partial charge in [0.05, 0.1) is 24.2 Å². The molecule has 1 atom stereocenters. The first-order valence-electron chi connectivity index (χ1n) is 15.9. The van der Waals surface area contributed by atoms with E-state index in [1.54, 1.807) is 31.4 Å². The molecule has 0 unspecified atom stereocenters. The lowest BCUT2D eigenvalue weighted by atomic mass is 9.89. The minimum Gasteiger partial charge on any atom is -0.497 e. The summed E-state index contributed by atoms with van der Waals surface area (Å²) in [6.45, 7) is 7.18. The fourth-order valence-electron chi connectivity index (χ4n) is 6.51. The number of likely N-dealkylation sites (tertiary alicyclic amines) is 1. The maximum Gasteiger partial charge on any atom is 0.332 e. The Kier molecular flexibility index (Phi) is 8.71. The molecule has 4 amide bonds. The topological polar surface area (TPSA) is 97.2 Å². The average molecular weight is 624 g/mol. The molecule has 3 heterocycles. The molecule has 2 saturated heterocycles. The van der Waals surface area contributed by atoms with Crippen LogP contribution in [0.25, 0.3) is 11.0 Å². The van der Waals surface area contributed by atoms with Crippen molar-refractivity contribution in [3.8, 4) is 17.2 Å². The van der Waals surface area contributed by atoms with E-state index in [0.717, 1.165) is 35.2 Å². The Morgan fingerprint density at radius 3 is 2.20 bits per heavy atom. The largest absolute Gasteiger partial charge is 0.497 e. The van der Waals surface area contributed by atoms with Gasteiger partial charge in [0, 0.05) is 31.7 Å². The molecule has 2 fully saturated rings. The molecular formula is C36H41N5O5. The van der Waals surface area contributed by atoms with Crippen LogP contribution in [-0.2, 0) is 16.6 Å². The molecule has 6 rings (SSSR count). The van der Waals surface area contributed by atoms with Gasteiger partial charge in [-0.1, -0.05) is 19.9 Å². The number of rotatable bonds is 9. The lowest BCUT2D eigenvalue weighted by Crippen LogP contribution is -2.42. The van der Waals surface area contributed by atoms with Crippen molar-refractivity contribution in [3.63, 3.8) is 0 Å². The smallest absolute Gasteiger partial charge is 0.332 e. The van der Waals surface area contributed by atoms with Gasteiger partial charge >= 0.3 is 6.03 Å². The molecule has 1 aromatic heterocycles. The van der Waals surface area contributed by atoms with Crippen LogP contribution < -0.4 is 14.4 Å². The van der Waals surface area contributed by atoms with Gasteiger partial charge in [0.1, 0.15) is 29.6 Å². The van der Waals surface area contributed by atoms with Gasteiger partial charge in [-0.3, -0.25) is 19.4 Å². The van der Waals surface area contributed by atoms with Crippen molar-refractivity contribution < 1.29 is 23.9 Å². The summed E-state index contributed by atoms with van der Waals surface area (Å²) in [7, 11) is 3.56. The van der Waals surface area contributed by atoms with Crippen LogP contribution in [0.2, 0.25) is 0 Å². The highest BCUT2D eigenvalue weighted by atomic mass is 16.5. The maximum absolute atomic E-state index is 14.1. The number of benzene rings is 3. The molecule has 0 aliphatic carbocycles. The molecule has 0 radical (unpaired) electrons. The first-order valence-corrected chi connectivity index (χ1v) is 15.9. The van der Waals surface area contributed by atoms with Gasteiger partial charge in [-0.25, -0.2) is 9.78 Å². The number of carbonyl (C=O) groups excluding carboxylic acids is 3. The Labute approximate surface area is 269 Å². The number of imide groups is 1. The van der Waals surface area contributed by atoms with Crippen molar-refractivity contribution in [1.29, 1.82) is 0 Å². The molecule has 4 aromatic rings. The molecule has 10 nitrogen and oxygen atoms in total. The van der Waals surface area contributed by atoms with E-state index in [-0.39, 0.29) is 36.2 Å². The van der Waals surface area contributed by atoms with Crippen LogP contribution >= 0.6 is 0 Å². The molecular weight excluding hydrogens is 582 g/mol. The number of amides is 4. The standard InChI is InChI=1S/C36H41N5O5/c1-23(2)35(43)39-18-16-25(17-19-39)21-32(34-37-30-15-6-24(3)20-31(30)38(34)4)41-33(42)22-40(36(41)44)26-7-9-28(10-8-26)46-29-13-11-27(45-5)12-14-29/h6-15,20,23,25,32H,16-19,21-22H2,1-5H3/t32-/m0/s1. The molecule has 0 spiro atoms. The summed E-state index contributed by atoms with van der Waals surface area (Å²) < 4.78 is 13.2. The summed E-state index contributed by atoms with van der Waals surface area (Å²) >= 11 is 0. The number of imidazole rings is 1. The number of nitrogens with zero attached hydrogens (tertiary/aromatic N) is 5. The number of aromatic nitrogens is 2. The Morgan fingerprint density at radius 1 is 0.935 bits per heavy atom. The van der Waals surface area contributed by atoms with Gasteiger partial charge in [0.25, 0.3) is 5.91 Å². The molecule has 46 heavy (non-hydrogen) atoms. The SMILES string of the molecule is COc1ccc(Oc2ccc(N3CC(=O)N([C@@H](CC4CCN(C(=O)C(C)C)CC4)c4nc5ccc(C)cc5n4C)C3=O)cc2)cc1. The van der Waals surface area contributed by atoms with Crippen molar-refractivity contribution in [1.82, 2.24) is 19.4 Å². The van der Waals surface area contributed by atoms with E-state index in [4.69, 9.17) is 14.5 Å². The lowest BCUT2D eigenvalue weighted by Gasteiger charge is -2.36. The number of hydrogen-bond acceptors (Lipinski definition) is 6. The summed E-state index contributed by atoms with van der Waals surface area (Å²) in [5.41, 5.74) is 3.51. The second-order valence-corrected chi connectivity index (χ2v) is 12.6. The zero-order valence-electron chi connectivity index (χ0n) is 27.1. The molecule has 3 aromatic carbocycles. The molecule has 10 heteroatoms. The van der Waals surface area contributed by atoms with E-state index in [0.29, 0.717) is 42.5 Å². The number of urea groups is 1. The molecule has 0 bridgehead atoms. The molecule has 2 aliphatic heterocycles. The van der Waals surface area contributed by atoms with Crippen molar-refractivity contribution >= 4 is 34.6 Å². The number of methoxy groups -OCH3 is 1. The number of anilines is 1. The predicted octanol–water partition coefficient (Wildman–Crippen LogP) is 6.48. The van der Waals surface area contributed by atoms with Crippen LogP contribution in [-0.4, -0.2) is 63.9 Å². The summed E-state index contributed by atoms with van der Waals surface area (Å²) in [4.78, 5) is 50.3. The lowest BCUT2D eigenvalue weighted by molar-refractivity contribution is -0.135. The molecule has 0 N–H and O–H groups in total. The monoisotopic (exact) mass is 623 g/mol. The van der Waals surface area contributed by atoms with Gasteiger partial charge in [0.15, 0.2) is 0 Å². The Bertz CT molecular complexity index is 1740. The third-order valence-electron chi connectivity index (χ3n) is 9.10. The first kappa shape index (κ1) is 31.1. The van der Waals surface area contributed by atoms with E-state index in [2.05, 4.69) is 6.07 Å². The number of carbonyl (C=O) groups is 3. The Hall–Kier alpha value is -4.86. The van der Waals surface area contributed by atoms with E-state index in [9.17, 15) is 14.4 Å². The Morgan fingerprint density at radius 2 is 1.57 bits per heavy atom. The van der Waals surface area contributed by atoms with Crippen LogP contribution in [0.1, 0.15) is 50.5 Å². The van der Waals surface area contributed by atoms with Gasteiger partial charge in [-0.05, 0) is 98.3 Å². The summed E-state index contributed by atoms with van der Waals surface area (Å²) in [5.74, 6) is 2.79. The summed E-state index contributed by atoms with van der Waals surface area (Å²) in [5, 5.41) is 0. The van der Waals surface area contributed by atoms with Gasteiger partial charge in [-0.2, -0.15) is 0 Å². The zero-order chi connectivity index (χ0) is 32.5. The van der Waals surface area contributed by atoms with Crippen molar-refractivity contribution in [2.75, 3.05) is 31.6 Å². The van der Waals surface area contributed by atoms with Crippen LogP contribution in [0.3, 0.4) is 0 Å². The number of piperidine rings is 1. The number of aryl methyl sites for hydroxylation is 2. The molecule has 2 aliphatic rings. The number of hydrogen-bond donors (Lipinski definition) is 0. The highest BCUT2D eigenvalue weighted by Gasteiger charge is 2.44. The highest BCUT2D eigenvalue weighted by molar-refractivity contribution is 6.12. The summed E-state index contributed by atoms with van der Waals surface area (Å²) in [6, 6.07) is 19.6. The second-order valence-electron chi connectivity index (χ2n) is 12.6. The fourth-order valence-corrected chi connectivity index (χ4v) is 6.51. The first-order chi connectivity index (χ1) is 22.1. The predicted molar refractivity (Wildman–Crippen MR) is 176 cm³/mol. The van der Waals surface area contributed by atoms with Crippen LogP contribution in [0.4, 0.5) is 10.5 Å². The van der Waals surface area contributed by atoms with Gasteiger partial charge in [0.2, 0.25) is 5.91 Å².